The van der Waals surface area contributed by atoms with Gasteiger partial charge in [-0.1, -0.05) is 28.1 Å². The molecule has 0 bridgehead atoms. The number of nitrogens with zero attached hydrogens (tertiary/aromatic N) is 2. The predicted molar refractivity (Wildman–Crippen MR) is 106 cm³/mol. The molecule has 1 aromatic carbocycles. The molecule has 3 aliphatic rings. The highest BCUT2D eigenvalue weighted by molar-refractivity contribution is 9.10. The minimum atomic E-state index is 0.223. The second-order valence-corrected chi connectivity index (χ2v) is 8.93. The van der Waals surface area contributed by atoms with E-state index in [1.54, 1.807) is 0 Å². The third-order valence-corrected chi connectivity index (χ3v) is 6.82. The van der Waals surface area contributed by atoms with Crippen LogP contribution in [0, 0.1) is 11.8 Å². The molecule has 2 aliphatic heterocycles. The molecule has 2 atom stereocenters. The monoisotopic (exact) mass is 420 g/mol. The fourth-order valence-electron chi connectivity index (χ4n) is 4.41. The number of morpholine rings is 1. The zero-order valence-electron chi connectivity index (χ0n) is 15.4. The average Bonchev–Trinajstić information content (AvgIpc) is 3.48. The molecule has 2 unspecified atom stereocenters. The van der Waals surface area contributed by atoms with E-state index in [0.29, 0.717) is 11.8 Å². The highest BCUT2D eigenvalue weighted by Crippen LogP contribution is 2.49. The van der Waals surface area contributed by atoms with Crippen molar-refractivity contribution in [2.24, 2.45) is 11.8 Å². The first-order valence-electron chi connectivity index (χ1n) is 10.0. The van der Waals surface area contributed by atoms with Crippen LogP contribution in [0.1, 0.15) is 37.2 Å². The van der Waals surface area contributed by atoms with Crippen molar-refractivity contribution in [2.75, 3.05) is 45.9 Å². The van der Waals surface area contributed by atoms with Crippen molar-refractivity contribution in [3.8, 4) is 0 Å². The molecule has 3 fully saturated rings. The number of benzene rings is 1. The number of hydrogen-bond donors (Lipinski definition) is 0. The van der Waals surface area contributed by atoms with Gasteiger partial charge in [-0.2, -0.15) is 0 Å². The second kappa shape index (κ2) is 8.41. The molecule has 26 heavy (non-hydrogen) atoms. The Morgan fingerprint density at radius 2 is 1.77 bits per heavy atom. The first kappa shape index (κ1) is 18.5. The lowest BCUT2D eigenvalue weighted by Crippen LogP contribution is -2.41. The van der Waals surface area contributed by atoms with Gasteiger partial charge in [-0.3, -0.25) is 9.69 Å². The number of carbonyl (C=O) groups is 1. The van der Waals surface area contributed by atoms with Crippen LogP contribution in [0.5, 0.6) is 0 Å². The number of hydrogen-bond acceptors (Lipinski definition) is 3. The predicted octanol–water partition coefficient (Wildman–Crippen LogP) is 3.51. The van der Waals surface area contributed by atoms with Crippen LogP contribution >= 0.6 is 15.9 Å². The Morgan fingerprint density at radius 3 is 2.46 bits per heavy atom. The van der Waals surface area contributed by atoms with Gasteiger partial charge in [0.1, 0.15) is 0 Å². The van der Waals surface area contributed by atoms with Gasteiger partial charge in [-0.25, -0.2) is 0 Å². The minimum absolute atomic E-state index is 0.223. The lowest BCUT2D eigenvalue weighted by molar-refractivity contribution is -0.134. The number of carbonyl (C=O) groups excluding carboxylic acids is 1. The molecule has 2 saturated heterocycles. The van der Waals surface area contributed by atoms with Crippen LogP contribution in [-0.2, 0) is 9.53 Å². The Kier molecular flexibility index (Phi) is 5.97. The van der Waals surface area contributed by atoms with Gasteiger partial charge in [-0.15, -0.1) is 0 Å². The summed E-state index contributed by atoms with van der Waals surface area (Å²) in [5.74, 6) is 1.84. The van der Waals surface area contributed by atoms with Crippen molar-refractivity contribution in [1.82, 2.24) is 9.80 Å². The maximum absolute atomic E-state index is 12.8. The molecular formula is C21H29BrN2O2. The van der Waals surface area contributed by atoms with Gasteiger partial charge < -0.3 is 9.64 Å². The van der Waals surface area contributed by atoms with Gasteiger partial charge in [0.15, 0.2) is 0 Å². The standard InChI is InChI=1S/C21H29BrN2O2/c22-18-3-1-17(2-4-18)19-15-20(19)21(25)24-9-6-16(7-10-24)5-8-23-11-13-26-14-12-23/h1-4,16,19-20H,5-15H2. The van der Waals surface area contributed by atoms with Crippen LogP contribution in [0.4, 0.5) is 0 Å². The second-order valence-electron chi connectivity index (χ2n) is 8.01. The maximum atomic E-state index is 12.8. The Labute approximate surface area is 165 Å². The average molecular weight is 421 g/mol. The molecule has 0 radical (unpaired) electrons. The normalized spacial score (nSPS) is 27.5. The molecule has 4 nitrogen and oxygen atoms in total. The van der Waals surface area contributed by atoms with Crippen molar-refractivity contribution >= 4 is 21.8 Å². The van der Waals surface area contributed by atoms with Crippen molar-refractivity contribution in [3.05, 3.63) is 34.3 Å². The molecule has 4 rings (SSSR count). The highest BCUT2D eigenvalue weighted by atomic mass is 79.9. The van der Waals surface area contributed by atoms with E-state index in [0.717, 1.165) is 56.2 Å². The van der Waals surface area contributed by atoms with Crippen molar-refractivity contribution < 1.29 is 9.53 Å². The minimum Gasteiger partial charge on any atom is -0.379 e. The van der Waals surface area contributed by atoms with E-state index >= 15 is 0 Å². The summed E-state index contributed by atoms with van der Waals surface area (Å²) in [5.41, 5.74) is 1.31. The maximum Gasteiger partial charge on any atom is 0.226 e. The van der Waals surface area contributed by atoms with Crippen molar-refractivity contribution in [1.29, 1.82) is 0 Å². The Hall–Kier alpha value is -0.910. The summed E-state index contributed by atoms with van der Waals surface area (Å²) in [4.78, 5) is 17.5. The molecule has 1 saturated carbocycles. The fourth-order valence-corrected chi connectivity index (χ4v) is 4.68. The van der Waals surface area contributed by atoms with E-state index in [2.05, 4.69) is 50.0 Å². The van der Waals surface area contributed by atoms with Crippen LogP contribution < -0.4 is 0 Å². The molecule has 0 N–H and O–H groups in total. The van der Waals surface area contributed by atoms with Gasteiger partial charge in [0.05, 0.1) is 13.2 Å². The summed E-state index contributed by atoms with van der Waals surface area (Å²) in [7, 11) is 0. The number of amides is 1. The Morgan fingerprint density at radius 1 is 1.08 bits per heavy atom. The van der Waals surface area contributed by atoms with E-state index in [-0.39, 0.29) is 5.92 Å². The van der Waals surface area contributed by atoms with Crippen LogP contribution in [0.15, 0.2) is 28.7 Å². The molecule has 142 valence electrons. The molecule has 5 heteroatoms. The lowest BCUT2D eigenvalue weighted by atomic mass is 9.93. The van der Waals surface area contributed by atoms with Crippen LogP contribution in [0.25, 0.3) is 0 Å². The molecule has 1 amide bonds. The van der Waals surface area contributed by atoms with Crippen LogP contribution in [0.2, 0.25) is 0 Å². The first-order valence-corrected chi connectivity index (χ1v) is 10.8. The number of ether oxygens (including phenoxy) is 1. The van der Waals surface area contributed by atoms with Gasteiger partial charge in [0.25, 0.3) is 0 Å². The van der Waals surface area contributed by atoms with Crippen LogP contribution in [0.3, 0.4) is 0 Å². The third-order valence-electron chi connectivity index (χ3n) is 6.29. The van der Waals surface area contributed by atoms with E-state index in [9.17, 15) is 4.79 Å². The summed E-state index contributed by atoms with van der Waals surface area (Å²) >= 11 is 3.48. The summed E-state index contributed by atoms with van der Waals surface area (Å²) in [6.45, 7) is 7.03. The zero-order valence-corrected chi connectivity index (χ0v) is 17.0. The number of piperidine rings is 1. The topological polar surface area (TPSA) is 32.8 Å². The molecule has 1 aromatic rings. The molecule has 0 spiro atoms. The Balaban J connectivity index is 1.20. The van der Waals surface area contributed by atoms with E-state index < -0.39 is 0 Å². The third kappa shape index (κ3) is 4.49. The van der Waals surface area contributed by atoms with Gasteiger partial charge in [0, 0.05) is 36.6 Å². The smallest absolute Gasteiger partial charge is 0.226 e. The van der Waals surface area contributed by atoms with Gasteiger partial charge in [0.2, 0.25) is 5.91 Å². The molecule has 0 aromatic heterocycles. The van der Waals surface area contributed by atoms with Crippen molar-refractivity contribution in [3.63, 3.8) is 0 Å². The van der Waals surface area contributed by atoms with Crippen molar-refractivity contribution in [2.45, 2.75) is 31.6 Å². The highest BCUT2D eigenvalue weighted by Gasteiger charge is 2.46. The van der Waals surface area contributed by atoms with E-state index in [1.165, 1.54) is 31.4 Å². The SMILES string of the molecule is O=C(C1CC1c1ccc(Br)cc1)N1CCC(CCN2CCOCC2)CC1. The van der Waals surface area contributed by atoms with Crippen LogP contribution in [-0.4, -0.2) is 61.6 Å². The summed E-state index contributed by atoms with van der Waals surface area (Å²) in [6.07, 6.45) is 4.64. The number of halogens is 1. The summed E-state index contributed by atoms with van der Waals surface area (Å²) < 4.78 is 6.52. The van der Waals surface area contributed by atoms with E-state index in [4.69, 9.17) is 4.74 Å². The lowest BCUT2D eigenvalue weighted by Gasteiger charge is -2.34. The Bertz CT molecular complexity index is 607. The number of likely N-dealkylation sites (tertiary alicyclic amines) is 1. The zero-order chi connectivity index (χ0) is 17.9. The van der Waals surface area contributed by atoms with Gasteiger partial charge in [-0.05, 0) is 61.8 Å². The quantitative estimate of drug-likeness (QED) is 0.730. The molecule has 1 aliphatic carbocycles. The van der Waals surface area contributed by atoms with E-state index in [1.807, 2.05) is 0 Å². The summed E-state index contributed by atoms with van der Waals surface area (Å²) in [6, 6.07) is 8.46. The summed E-state index contributed by atoms with van der Waals surface area (Å²) in [5, 5.41) is 0. The van der Waals surface area contributed by atoms with Gasteiger partial charge >= 0.3 is 0 Å². The first-order chi connectivity index (χ1) is 12.7. The number of rotatable bonds is 5. The molecular weight excluding hydrogens is 392 g/mol. The largest absolute Gasteiger partial charge is 0.379 e. The fraction of sp³-hybridized carbons (Fsp3) is 0.667. The molecule has 2 heterocycles.